The van der Waals surface area contributed by atoms with Crippen molar-refractivity contribution in [1.29, 1.82) is 0 Å². The highest BCUT2D eigenvalue weighted by Gasteiger charge is 2.16. The number of rotatable bonds is 26. The van der Waals surface area contributed by atoms with Crippen LogP contribution in [0.5, 0.6) is 0 Å². The van der Waals surface area contributed by atoms with Gasteiger partial charge in [-0.1, -0.05) is 129 Å². The van der Waals surface area contributed by atoms with Crippen LogP contribution in [-0.2, 0) is 19.1 Å². The Bertz CT molecular complexity index is 452. The van der Waals surface area contributed by atoms with Crippen LogP contribution in [0.4, 0.5) is 0 Å². The molecule has 0 aliphatic carbocycles. The summed E-state index contributed by atoms with van der Waals surface area (Å²) in [6.07, 6.45) is 24.5. The monoisotopic (exact) mass is 484 g/mol. The van der Waals surface area contributed by atoms with Crippen LogP contribution in [0.1, 0.15) is 155 Å². The fraction of sp³-hybridized carbons (Fsp3) is 0.931. The van der Waals surface area contributed by atoms with Crippen molar-refractivity contribution in [3.8, 4) is 0 Å². The minimum atomic E-state index is -0.757. The van der Waals surface area contributed by atoms with Crippen LogP contribution in [0, 0.1) is 0 Å². The van der Waals surface area contributed by atoms with Crippen LogP contribution in [0.25, 0.3) is 0 Å². The third kappa shape index (κ3) is 24.0. The first kappa shape index (κ1) is 32.9. The predicted molar refractivity (Wildman–Crippen MR) is 141 cm³/mol. The topological polar surface area (TPSA) is 72.8 Å². The lowest BCUT2D eigenvalue weighted by Gasteiger charge is -2.15. The fourth-order valence-corrected chi connectivity index (χ4v) is 4.14. The summed E-state index contributed by atoms with van der Waals surface area (Å²) in [5, 5.41) is 9.41. The fourth-order valence-electron chi connectivity index (χ4n) is 4.14. The first-order valence-corrected chi connectivity index (χ1v) is 14.6. The van der Waals surface area contributed by atoms with Gasteiger partial charge in [-0.2, -0.15) is 0 Å². The van der Waals surface area contributed by atoms with Crippen molar-refractivity contribution < 1.29 is 24.2 Å². The Morgan fingerprint density at radius 1 is 0.559 bits per heavy atom. The molecule has 0 fully saturated rings. The van der Waals surface area contributed by atoms with Crippen LogP contribution in [0.15, 0.2) is 0 Å². The number of esters is 2. The SMILES string of the molecule is CCCCCCCCCCCCCCCC(=O)OC[C@@H](CO)OC(=O)CCCCCCCCC. The second-order valence-corrected chi connectivity index (χ2v) is 9.84. The van der Waals surface area contributed by atoms with Gasteiger partial charge in [0.1, 0.15) is 6.61 Å². The van der Waals surface area contributed by atoms with Crippen molar-refractivity contribution in [3.05, 3.63) is 0 Å². The summed E-state index contributed by atoms with van der Waals surface area (Å²) in [4.78, 5) is 23.9. The molecule has 0 aromatic carbocycles. The zero-order valence-electron chi connectivity index (χ0n) is 22.6. The maximum absolute atomic E-state index is 11.9. The average molecular weight is 485 g/mol. The summed E-state index contributed by atoms with van der Waals surface area (Å²) in [6.45, 7) is 4.07. The number of unbranched alkanes of at least 4 members (excludes halogenated alkanes) is 18. The Labute approximate surface area is 210 Å². The van der Waals surface area contributed by atoms with Crippen LogP contribution >= 0.6 is 0 Å². The Morgan fingerprint density at radius 2 is 0.912 bits per heavy atom. The van der Waals surface area contributed by atoms with E-state index in [9.17, 15) is 14.7 Å². The molecular weight excluding hydrogens is 428 g/mol. The third-order valence-electron chi connectivity index (χ3n) is 6.40. The molecule has 0 heterocycles. The normalized spacial score (nSPS) is 12.0. The molecule has 0 unspecified atom stereocenters. The van der Waals surface area contributed by atoms with E-state index in [0.29, 0.717) is 12.8 Å². The molecule has 0 rings (SSSR count). The molecule has 0 aromatic rings. The van der Waals surface area contributed by atoms with Gasteiger partial charge in [0.05, 0.1) is 6.61 Å². The van der Waals surface area contributed by atoms with E-state index in [2.05, 4.69) is 13.8 Å². The Balaban J connectivity index is 3.55. The lowest BCUT2D eigenvalue weighted by atomic mass is 10.0. The number of hydrogen-bond donors (Lipinski definition) is 1. The van der Waals surface area contributed by atoms with Crippen molar-refractivity contribution in [2.45, 2.75) is 161 Å². The van der Waals surface area contributed by atoms with Crippen LogP contribution in [-0.4, -0.2) is 36.4 Å². The van der Waals surface area contributed by atoms with Gasteiger partial charge >= 0.3 is 11.9 Å². The van der Waals surface area contributed by atoms with Gasteiger partial charge in [-0.05, 0) is 12.8 Å². The molecule has 1 N–H and O–H groups in total. The van der Waals surface area contributed by atoms with E-state index in [1.165, 1.54) is 96.3 Å². The van der Waals surface area contributed by atoms with Crippen molar-refractivity contribution in [1.82, 2.24) is 0 Å². The molecule has 0 bridgehead atoms. The van der Waals surface area contributed by atoms with Gasteiger partial charge in [0, 0.05) is 12.8 Å². The van der Waals surface area contributed by atoms with Crippen molar-refractivity contribution in [3.63, 3.8) is 0 Å². The summed E-state index contributed by atoms with van der Waals surface area (Å²) in [5.74, 6) is -0.593. The molecule has 0 aromatic heterocycles. The second kappa shape index (κ2) is 26.5. The summed E-state index contributed by atoms with van der Waals surface area (Å²) >= 11 is 0. The van der Waals surface area contributed by atoms with Crippen molar-refractivity contribution in [2.75, 3.05) is 13.2 Å². The Morgan fingerprint density at radius 3 is 1.29 bits per heavy atom. The molecule has 0 saturated heterocycles. The van der Waals surface area contributed by atoms with Crippen molar-refractivity contribution in [2.24, 2.45) is 0 Å². The van der Waals surface area contributed by atoms with E-state index < -0.39 is 6.10 Å². The van der Waals surface area contributed by atoms with Gasteiger partial charge in [0.2, 0.25) is 0 Å². The summed E-state index contributed by atoms with van der Waals surface area (Å²) in [7, 11) is 0. The van der Waals surface area contributed by atoms with E-state index in [4.69, 9.17) is 9.47 Å². The van der Waals surface area contributed by atoms with Gasteiger partial charge in [0.15, 0.2) is 6.10 Å². The standard InChI is InChI=1S/C29H56O5/c1-3-5-7-9-11-12-13-14-15-16-18-19-21-23-28(31)33-26-27(25-30)34-29(32)24-22-20-17-10-8-6-4-2/h27,30H,3-26H2,1-2H3/t27-/m1/s1. The highest BCUT2D eigenvalue weighted by molar-refractivity contribution is 5.70. The molecule has 0 aliphatic heterocycles. The maximum Gasteiger partial charge on any atom is 0.306 e. The molecule has 34 heavy (non-hydrogen) atoms. The number of aliphatic hydroxyl groups is 1. The first-order valence-electron chi connectivity index (χ1n) is 14.6. The first-order chi connectivity index (χ1) is 16.6. The van der Waals surface area contributed by atoms with Crippen molar-refractivity contribution >= 4 is 11.9 Å². The predicted octanol–water partition coefficient (Wildman–Crippen LogP) is 8.06. The zero-order chi connectivity index (χ0) is 25.1. The number of carbonyl (C=O) groups excluding carboxylic acids is 2. The molecule has 0 radical (unpaired) electrons. The van der Waals surface area contributed by atoms with E-state index in [0.717, 1.165) is 32.1 Å². The molecule has 0 amide bonds. The minimum absolute atomic E-state index is 0.0590. The minimum Gasteiger partial charge on any atom is -0.462 e. The van der Waals surface area contributed by atoms with Gasteiger partial charge in [0.25, 0.3) is 0 Å². The van der Waals surface area contributed by atoms with E-state index in [1.54, 1.807) is 0 Å². The highest BCUT2D eigenvalue weighted by atomic mass is 16.6. The summed E-state index contributed by atoms with van der Waals surface area (Å²) in [5.41, 5.74) is 0. The molecule has 0 spiro atoms. The highest BCUT2D eigenvalue weighted by Crippen LogP contribution is 2.13. The smallest absolute Gasteiger partial charge is 0.306 e. The third-order valence-corrected chi connectivity index (χ3v) is 6.40. The zero-order valence-corrected chi connectivity index (χ0v) is 22.6. The average Bonchev–Trinajstić information content (AvgIpc) is 2.84. The van der Waals surface area contributed by atoms with Crippen LogP contribution in [0.3, 0.4) is 0 Å². The van der Waals surface area contributed by atoms with Crippen LogP contribution in [0.2, 0.25) is 0 Å². The second-order valence-electron chi connectivity index (χ2n) is 9.84. The number of carbonyl (C=O) groups is 2. The van der Waals surface area contributed by atoms with Gasteiger partial charge in [-0.25, -0.2) is 0 Å². The molecule has 5 nitrogen and oxygen atoms in total. The lowest BCUT2D eigenvalue weighted by molar-refractivity contribution is -0.161. The van der Waals surface area contributed by atoms with Gasteiger partial charge in [-0.15, -0.1) is 0 Å². The number of aliphatic hydroxyl groups excluding tert-OH is 1. The van der Waals surface area contributed by atoms with Crippen LogP contribution < -0.4 is 0 Å². The van der Waals surface area contributed by atoms with E-state index in [-0.39, 0.29) is 25.2 Å². The molecule has 0 saturated carbocycles. The molecule has 0 aliphatic rings. The molecular formula is C29H56O5. The largest absolute Gasteiger partial charge is 0.462 e. The maximum atomic E-state index is 11.9. The van der Waals surface area contributed by atoms with E-state index >= 15 is 0 Å². The molecule has 202 valence electrons. The lowest BCUT2D eigenvalue weighted by Crippen LogP contribution is -2.28. The Kier molecular flexibility index (Phi) is 25.6. The van der Waals surface area contributed by atoms with E-state index in [1.807, 2.05) is 0 Å². The van der Waals surface area contributed by atoms with Gasteiger partial charge < -0.3 is 14.6 Å². The quantitative estimate of drug-likeness (QED) is 0.0992. The molecule has 1 atom stereocenters. The summed E-state index contributed by atoms with van der Waals surface area (Å²) < 4.78 is 10.5. The number of hydrogen-bond acceptors (Lipinski definition) is 5. The van der Waals surface area contributed by atoms with Gasteiger partial charge in [-0.3, -0.25) is 9.59 Å². The molecule has 5 heteroatoms. The number of ether oxygens (including phenoxy) is 2. The Hall–Kier alpha value is -1.10. The summed E-state index contributed by atoms with van der Waals surface area (Å²) in [6, 6.07) is 0.